The molecule has 0 aliphatic rings. The van der Waals surface area contributed by atoms with Crippen LogP contribution in [0.1, 0.15) is 24.5 Å². The lowest BCUT2D eigenvalue weighted by Gasteiger charge is -2.20. The van der Waals surface area contributed by atoms with Gasteiger partial charge in [0, 0.05) is 11.1 Å². The minimum absolute atomic E-state index is 0.204. The summed E-state index contributed by atoms with van der Waals surface area (Å²) in [7, 11) is 1.90. The van der Waals surface area contributed by atoms with Crippen LogP contribution in [0.5, 0.6) is 5.75 Å². The quantitative estimate of drug-likeness (QED) is 0.694. The SMILES string of the molecule is CNCCC[C@@H](Oc1cc(Cl)ccc1Cl)c1ccc(F)cc1. The summed E-state index contributed by atoms with van der Waals surface area (Å²) in [6.45, 7) is 0.879. The number of halogens is 3. The highest BCUT2D eigenvalue weighted by atomic mass is 35.5. The maximum Gasteiger partial charge on any atom is 0.140 e. The van der Waals surface area contributed by atoms with Gasteiger partial charge in [0.2, 0.25) is 0 Å². The van der Waals surface area contributed by atoms with E-state index < -0.39 is 0 Å². The molecular formula is C17H18Cl2FNO. The Kier molecular flexibility index (Phi) is 6.49. The maximum absolute atomic E-state index is 13.1. The van der Waals surface area contributed by atoms with E-state index in [1.54, 1.807) is 30.3 Å². The van der Waals surface area contributed by atoms with Crippen molar-refractivity contribution in [3.63, 3.8) is 0 Å². The van der Waals surface area contributed by atoms with Gasteiger partial charge in [0.05, 0.1) is 5.02 Å². The molecule has 0 unspecified atom stereocenters. The topological polar surface area (TPSA) is 21.3 Å². The highest BCUT2D eigenvalue weighted by Gasteiger charge is 2.15. The first kappa shape index (κ1) is 17.1. The van der Waals surface area contributed by atoms with Gasteiger partial charge >= 0.3 is 0 Å². The van der Waals surface area contributed by atoms with Crippen LogP contribution in [0.3, 0.4) is 0 Å². The Morgan fingerprint density at radius 1 is 1.14 bits per heavy atom. The highest BCUT2D eigenvalue weighted by molar-refractivity contribution is 6.34. The molecule has 1 N–H and O–H groups in total. The average Bonchev–Trinajstić information content (AvgIpc) is 2.51. The first-order valence-corrected chi connectivity index (χ1v) is 7.87. The second kappa shape index (κ2) is 8.37. The molecule has 118 valence electrons. The van der Waals surface area contributed by atoms with Gasteiger partial charge in [-0.15, -0.1) is 0 Å². The van der Waals surface area contributed by atoms with Crippen LogP contribution >= 0.6 is 23.2 Å². The Morgan fingerprint density at radius 2 is 1.86 bits per heavy atom. The summed E-state index contributed by atoms with van der Waals surface area (Å²) in [5, 5.41) is 4.17. The Balaban J connectivity index is 2.19. The molecule has 5 heteroatoms. The number of benzene rings is 2. The molecule has 22 heavy (non-hydrogen) atoms. The van der Waals surface area contributed by atoms with Crippen LogP contribution < -0.4 is 10.1 Å². The third-order valence-electron chi connectivity index (χ3n) is 3.30. The molecule has 0 radical (unpaired) electrons. The maximum atomic E-state index is 13.1. The fourth-order valence-electron chi connectivity index (χ4n) is 2.16. The summed E-state index contributed by atoms with van der Waals surface area (Å²) >= 11 is 12.2. The standard InChI is InChI=1S/C17H18Cl2FNO/c1-21-10-2-3-16(12-4-7-14(20)8-5-12)22-17-11-13(18)6-9-15(17)19/h4-9,11,16,21H,2-3,10H2,1H3/t16-/m1/s1. The van der Waals surface area contributed by atoms with Crippen molar-refractivity contribution < 1.29 is 9.13 Å². The molecule has 2 rings (SSSR count). The molecule has 0 bridgehead atoms. The third kappa shape index (κ3) is 4.87. The number of nitrogens with one attached hydrogen (secondary N) is 1. The largest absolute Gasteiger partial charge is 0.484 e. The Hall–Kier alpha value is -1.29. The second-order valence-electron chi connectivity index (χ2n) is 4.98. The summed E-state index contributed by atoms with van der Waals surface area (Å²) in [5.74, 6) is 0.270. The van der Waals surface area contributed by atoms with Gasteiger partial charge in [-0.3, -0.25) is 0 Å². The minimum Gasteiger partial charge on any atom is -0.484 e. The molecule has 0 saturated carbocycles. The van der Waals surface area contributed by atoms with E-state index in [-0.39, 0.29) is 11.9 Å². The van der Waals surface area contributed by atoms with Crippen LogP contribution in [0.25, 0.3) is 0 Å². The van der Waals surface area contributed by atoms with E-state index in [1.165, 1.54) is 12.1 Å². The molecule has 0 aliphatic heterocycles. The lowest BCUT2D eigenvalue weighted by atomic mass is 10.0. The summed E-state index contributed by atoms with van der Waals surface area (Å²) in [5.41, 5.74) is 0.911. The van der Waals surface area contributed by atoms with E-state index in [4.69, 9.17) is 27.9 Å². The molecular weight excluding hydrogens is 324 g/mol. The van der Waals surface area contributed by atoms with Crippen LogP contribution in [0.15, 0.2) is 42.5 Å². The van der Waals surface area contributed by atoms with E-state index >= 15 is 0 Å². The van der Waals surface area contributed by atoms with Crippen molar-refractivity contribution in [2.45, 2.75) is 18.9 Å². The van der Waals surface area contributed by atoms with Gasteiger partial charge in [0.25, 0.3) is 0 Å². The van der Waals surface area contributed by atoms with Gasteiger partial charge in [-0.25, -0.2) is 4.39 Å². The zero-order chi connectivity index (χ0) is 15.9. The third-order valence-corrected chi connectivity index (χ3v) is 3.84. The molecule has 2 aromatic rings. The Morgan fingerprint density at radius 3 is 2.55 bits per heavy atom. The van der Waals surface area contributed by atoms with Gasteiger partial charge in [-0.05, 0) is 56.3 Å². The summed E-state index contributed by atoms with van der Waals surface area (Å²) in [6, 6.07) is 11.4. The average molecular weight is 342 g/mol. The first-order chi connectivity index (χ1) is 10.6. The summed E-state index contributed by atoms with van der Waals surface area (Å²) in [6.07, 6.45) is 1.51. The Labute approximate surface area is 140 Å². The predicted octanol–water partition coefficient (Wildman–Crippen LogP) is 5.25. The van der Waals surface area contributed by atoms with Crippen molar-refractivity contribution in [3.8, 4) is 5.75 Å². The molecule has 2 aromatic carbocycles. The van der Waals surface area contributed by atoms with Gasteiger partial charge < -0.3 is 10.1 Å². The number of hydrogen-bond acceptors (Lipinski definition) is 2. The fraction of sp³-hybridized carbons (Fsp3) is 0.294. The second-order valence-corrected chi connectivity index (χ2v) is 5.82. The van der Waals surface area contributed by atoms with Crippen LogP contribution in [0.4, 0.5) is 4.39 Å². The number of rotatable bonds is 7. The first-order valence-electron chi connectivity index (χ1n) is 7.12. The molecule has 0 heterocycles. The predicted molar refractivity (Wildman–Crippen MR) is 89.4 cm³/mol. The molecule has 1 atom stereocenters. The van der Waals surface area contributed by atoms with E-state index in [1.807, 2.05) is 7.05 Å². The highest BCUT2D eigenvalue weighted by Crippen LogP contribution is 2.33. The van der Waals surface area contributed by atoms with Gasteiger partial charge in [-0.1, -0.05) is 35.3 Å². The van der Waals surface area contributed by atoms with E-state index in [0.717, 1.165) is 24.9 Å². The summed E-state index contributed by atoms with van der Waals surface area (Å²) in [4.78, 5) is 0. The number of hydrogen-bond donors (Lipinski definition) is 1. The normalized spacial score (nSPS) is 12.2. The number of ether oxygens (including phenoxy) is 1. The molecule has 2 nitrogen and oxygen atoms in total. The minimum atomic E-state index is -0.265. The van der Waals surface area contributed by atoms with E-state index in [9.17, 15) is 4.39 Å². The molecule has 0 amide bonds. The Bertz CT molecular complexity index is 604. The van der Waals surface area contributed by atoms with Crippen molar-refractivity contribution in [3.05, 3.63) is 63.9 Å². The zero-order valence-electron chi connectivity index (χ0n) is 12.3. The van der Waals surface area contributed by atoms with Crippen LogP contribution in [-0.4, -0.2) is 13.6 Å². The van der Waals surface area contributed by atoms with Crippen molar-refractivity contribution >= 4 is 23.2 Å². The summed E-state index contributed by atoms with van der Waals surface area (Å²) < 4.78 is 19.1. The molecule has 0 aromatic heterocycles. The van der Waals surface area contributed by atoms with Crippen molar-refractivity contribution in [1.82, 2.24) is 5.32 Å². The lowest BCUT2D eigenvalue weighted by Crippen LogP contribution is -2.13. The lowest BCUT2D eigenvalue weighted by molar-refractivity contribution is 0.192. The van der Waals surface area contributed by atoms with Crippen molar-refractivity contribution in [2.24, 2.45) is 0 Å². The molecule has 0 saturated heterocycles. The van der Waals surface area contributed by atoms with Crippen LogP contribution in [0, 0.1) is 5.82 Å². The van der Waals surface area contributed by atoms with Crippen LogP contribution in [-0.2, 0) is 0 Å². The molecule has 0 fully saturated rings. The van der Waals surface area contributed by atoms with Gasteiger partial charge in [0.15, 0.2) is 0 Å². The van der Waals surface area contributed by atoms with Crippen molar-refractivity contribution in [2.75, 3.05) is 13.6 Å². The smallest absolute Gasteiger partial charge is 0.140 e. The van der Waals surface area contributed by atoms with Crippen molar-refractivity contribution in [1.29, 1.82) is 0 Å². The molecule has 0 spiro atoms. The van der Waals surface area contributed by atoms with Gasteiger partial charge in [0.1, 0.15) is 17.7 Å². The monoisotopic (exact) mass is 341 g/mol. The van der Waals surface area contributed by atoms with E-state index in [2.05, 4.69) is 5.32 Å². The van der Waals surface area contributed by atoms with Gasteiger partial charge in [-0.2, -0.15) is 0 Å². The molecule has 0 aliphatic carbocycles. The van der Waals surface area contributed by atoms with E-state index in [0.29, 0.717) is 15.8 Å². The zero-order valence-corrected chi connectivity index (χ0v) is 13.8. The fourth-order valence-corrected chi connectivity index (χ4v) is 2.48. The van der Waals surface area contributed by atoms with Crippen LogP contribution in [0.2, 0.25) is 10.0 Å².